The van der Waals surface area contributed by atoms with E-state index in [1.165, 1.54) is 11.0 Å². The maximum Gasteiger partial charge on any atom is 0.326 e. The average Bonchev–Trinajstić information content (AvgIpc) is 2.85. The van der Waals surface area contributed by atoms with Crippen LogP contribution in [0.25, 0.3) is 6.08 Å². The summed E-state index contributed by atoms with van der Waals surface area (Å²) < 4.78 is 0. The Labute approximate surface area is 220 Å². The lowest BCUT2D eigenvalue weighted by molar-refractivity contribution is -0.144. The number of aliphatic imine (C=N–C) groups is 1. The number of carboxylic acids is 2. The number of nitrogens with two attached hydrogens (primary N) is 2. The molecule has 3 amide bonds. The van der Waals surface area contributed by atoms with Crippen LogP contribution in [-0.2, 0) is 24.0 Å². The minimum Gasteiger partial charge on any atom is -0.481 e. The first-order chi connectivity index (χ1) is 17.9. The number of benzene rings is 1. The molecule has 0 aromatic heterocycles. The molecule has 0 spiro atoms. The molecule has 1 fully saturated rings. The number of likely N-dealkylation sites (tertiary alicyclic amines) is 1. The van der Waals surface area contributed by atoms with Crippen LogP contribution in [0.15, 0.2) is 35.3 Å². The molecule has 0 aliphatic carbocycles. The largest absolute Gasteiger partial charge is 0.481 e. The van der Waals surface area contributed by atoms with Crippen molar-refractivity contribution < 1.29 is 34.2 Å². The zero-order valence-electron chi connectivity index (χ0n) is 21.3. The van der Waals surface area contributed by atoms with Crippen molar-refractivity contribution in [2.45, 2.75) is 45.2 Å². The molecule has 38 heavy (non-hydrogen) atoms. The van der Waals surface area contributed by atoms with E-state index in [9.17, 15) is 34.2 Å². The summed E-state index contributed by atoms with van der Waals surface area (Å²) in [5.41, 5.74) is 12.0. The monoisotopic (exact) mass is 530 g/mol. The average molecular weight is 531 g/mol. The number of guanidine groups is 1. The quantitative estimate of drug-likeness (QED) is 0.129. The van der Waals surface area contributed by atoms with Crippen LogP contribution in [0.3, 0.4) is 0 Å². The minimum atomic E-state index is -1.46. The van der Waals surface area contributed by atoms with Crippen molar-refractivity contribution in [1.29, 1.82) is 0 Å². The molecular weight excluding hydrogens is 496 g/mol. The smallest absolute Gasteiger partial charge is 0.326 e. The highest BCUT2D eigenvalue weighted by atomic mass is 16.4. The molecule has 13 heteroatoms. The third-order valence-electron chi connectivity index (χ3n) is 5.92. The molecule has 1 heterocycles. The van der Waals surface area contributed by atoms with Gasteiger partial charge in [-0.25, -0.2) is 9.79 Å². The SMILES string of the molecule is CC(C)[C@H](NC(=O)[C@H](CC(=O)O)NC(=O)[C@@H]1CCCN(C(=O)/C=C/c2ccc(N=C(N)N)cc2)C1)C(=O)O. The molecule has 8 N–H and O–H groups in total. The second-order valence-corrected chi connectivity index (χ2v) is 9.31. The first kappa shape index (κ1) is 29.8. The number of hydrogen-bond donors (Lipinski definition) is 6. The summed E-state index contributed by atoms with van der Waals surface area (Å²) in [5, 5.41) is 23.2. The van der Waals surface area contributed by atoms with Crippen LogP contribution < -0.4 is 22.1 Å². The lowest BCUT2D eigenvalue weighted by Gasteiger charge is -2.32. The first-order valence-corrected chi connectivity index (χ1v) is 12.1. The maximum absolute atomic E-state index is 12.9. The van der Waals surface area contributed by atoms with E-state index in [0.29, 0.717) is 25.1 Å². The Morgan fingerprint density at radius 2 is 1.76 bits per heavy atom. The van der Waals surface area contributed by atoms with Crippen LogP contribution in [0.4, 0.5) is 5.69 Å². The molecular formula is C25H34N6O7. The summed E-state index contributed by atoms with van der Waals surface area (Å²) in [7, 11) is 0. The van der Waals surface area contributed by atoms with Gasteiger partial charge in [-0.2, -0.15) is 0 Å². The van der Waals surface area contributed by atoms with E-state index >= 15 is 0 Å². The van der Waals surface area contributed by atoms with Gasteiger partial charge in [-0.1, -0.05) is 26.0 Å². The number of nitrogens with one attached hydrogen (secondary N) is 2. The van der Waals surface area contributed by atoms with Crippen LogP contribution in [0.5, 0.6) is 0 Å². The van der Waals surface area contributed by atoms with Crippen LogP contribution in [0.1, 0.15) is 38.7 Å². The molecule has 0 radical (unpaired) electrons. The fraction of sp³-hybridized carbons (Fsp3) is 0.440. The van der Waals surface area contributed by atoms with Crippen LogP contribution in [0, 0.1) is 11.8 Å². The van der Waals surface area contributed by atoms with Crippen LogP contribution >= 0.6 is 0 Å². The van der Waals surface area contributed by atoms with Gasteiger partial charge in [0.25, 0.3) is 0 Å². The van der Waals surface area contributed by atoms with Crippen molar-refractivity contribution in [1.82, 2.24) is 15.5 Å². The highest BCUT2D eigenvalue weighted by molar-refractivity contribution is 5.94. The zero-order chi connectivity index (χ0) is 28.4. The van der Waals surface area contributed by atoms with Gasteiger partial charge in [0, 0.05) is 19.2 Å². The standard InChI is InChI=1S/C25H34N6O7/c1-14(2)21(24(37)38)30-23(36)18(12-20(33)34)29-22(35)16-4-3-11-31(13-16)19(32)10-7-15-5-8-17(9-6-15)28-25(26)27/h5-10,14,16,18,21H,3-4,11-13H2,1-2H3,(H,29,35)(H,30,36)(H,33,34)(H,37,38)(H4,26,27,28)/b10-7+/t16-,18+,21+/m1/s1. The topological polar surface area (TPSA) is 218 Å². The second-order valence-electron chi connectivity index (χ2n) is 9.31. The molecule has 1 aliphatic heterocycles. The number of piperidine rings is 1. The van der Waals surface area contributed by atoms with Crippen molar-refractivity contribution in [2.24, 2.45) is 28.3 Å². The Morgan fingerprint density at radius 1 is 1.11 bits per heavy atom. The van der Waals surface area contributed by atoms with Gasteiger partial charge in [-0.3, -0.25) is 19.2 Å². The Morgan fingerprint density at radius 3 is 2.32 bits per heavy atom. The number of carboxylic acid groups (broad SMARTS) is 2. The van der Waals surface area contributed by atoms with Gasteiger partial charge >= 0.3 is 11.9 Å². The number of nitrogens with zero attached hydrogens (tertiary/aromatic N) is 2. The Balaban J connectivity index is 2.02. The van der Waals surface area contributed by atoms with E-state index in [1.54, 1.807) is 44.2 Å². The summed E-state index contributed by atoms with van der Waals surface area (Å²) in [5.74, 6) is -5.59. The van der Waals surface area contributed by atoms with Crippen molar-refractivity contribution in [2.75, 3.05) is 13.1 Å². The second kappa shape index (κ2) is 13.8. The Kier molecular flexibility index (Phi) is 10.8. The van der Waals surface area contributed by atoms with Crippen molar-refractivity contribution in [3.63, 3.8) is 0 Å². The molecule has 1 aromatic rings. The van der Waals surface area contributed by atoms with Crippen molar-refractivity contribution >= 4 is 47.4 Å². The van der Waals surface area contributed by atoms with E-state index in [1.807, 2.05) is 0 Å². The predicted octanol–water partition coefficient (Wildman–Crippen LogP) is 0.0282. The highest BCUT2D eigenvalue weighted by Gasteiger charge is 2.33. The summed E-state index contributed by atoms with van der Waals surface area (Å²) in [4.78, 5) is 66.4. The molecule has 0 saturated carbocycles. The van der Waals surface area contributed by atoms with Gasteiger partial charge in [-0.15, -0.1) is 0 Å². The predicted molar refractivity (Wildman–Crippen MR) is 139 cm³/mol. The van der Waals surface area contributed by atoms with E-state index in [0.717, 1.165) is 5.56 Å². The maximum atomic E-state index is 12.9. The number of carbonyl (C=O) groups is 5. The van der Waals surface area contributed by atoms with Crippen LogP contribution in [-0.4, -0.2) is 75.9 Å². The van der Waals surface area contributed by atoms with E-state index in [4.69, 9.17) is 11.5 Å². The van der Waals surface area contributed by atoms with Crippen molar-refractivity contribution in [3.8, 4) is 0 Å². The fourth-order valence-electron chi connectivity index (χ4n) is 3.91. The molecule has 2 rings (SSSR count). The third-order valence-corrected chi connectivity index (χ3v) is 5.92. The lowest BCUT2D eigenvalue weighted by atomic mass is 9.96. The van der Waals surface area contributed by atoms with E-state index in [-0.39, 0.29) is 18.4 Å². The molecule has 13 nitrogen and oxygen atoms in total. The van der Waals surface area contributed by atoms with Gasteiger partial charge in [-0.05, 0) is 42.5 Å². The van der Waals surface area contributed by atoms with Crippen LogP contribution in [0.2, 0.25) is 0 Å². The number of carbonyl (C=O) groups excluding carboxylic acids is 3. The molecule has 0 unspecified atom stereocenters. The number of aliphatic carboxylic acids is 2. The summed E-state index contributed by atoms with van der Waals surface area (Å²) in [6.07, 6.45) is 3.26. The summed E-state index contributed by atoms with van der Waals surface area (Å²) in [6, 6.07) is 4.14. The molecule has 0 bridgehead atoms. The molecule has 1 aliphatic rings. The normalized spacial score (nSPS) is 16.9. The Hall–Kier alpha value is -4.42. The lowest BCUT2D eigenvalue weighted by Crippen LogP contribution is -2.55. The minimum absolute atomic E-state index is 0.0675. The highest BCUT2D eigenvalue weighted by Crippen LogP contribution is 2.19. The van der Waals surface area contributed by atoms with Gasteiger partial charge in [0.05, 0.1) is 18.0 Å². The van der Waals surface area contributed by atoms with E-state index in [2.05, 4.69) is 15.6 Å². The van der Waals surface area contributed by atoms with Crippen molar-refractivity contribution in [3.05, 3.63) is 35.9 Å². The van der Waals surface area contributed by atoms with Gasteiger partial charge < -0.3 is 37.2 Å². The van der Waals surface area contributed by atoms with Gasteiger partial charge in [0.1, 0.15) is 12.1 Å². The number of rotatable bonds is 11. The number of amides is 3. The molecule has 1 aromatic carbocycles. The summed E-state index contributed by atoms with van der Waals surface area (Å²) >= 11 is 0. The van der Waals surface area contributed by atoms with Gasteiger partial charge in [0.2, 0.25) is 17.7 Å². The zero-order valence-corrected chi connectivity index (χ0v) is 21.3. The first-order valence-electron chi connectivity index (χ1n) is 12.1. The summed E-state index contributed by atoms with van der Waals surface area (Å²) in [6.45, 7) is 3.70. The molecule has 206 valence electrons. The molecule has 1 saturated heterocycles. The fourth-order valence-corrected chi connectivity index (χ4v) is 3.91. The number of hydrogen-bond acceptors (Lipinski definition) is 6. The van der Waals surface area contributed by atoms with E-state index < -0.39 is 54.1 Å². The Bertz CT molecular complexity index is 1100. The molecule has 3 atom stereocenters. The van der Waals surface area contributed by atoms with Gasteiger partial charge in [0.15, 0.2) is 5.96 Å². The third kappa shape index (κ3) is 9.22.